The number of alkyl halides is 3. The number of rotatable bonds is 7. The standard InChI is InChI=1S/C20H17F3N4O3.C19H17ClN4O2/c1-15(7-8-16-4-2-5-17(14-16)30-20(21,22)23)25-10-12-26(13-11-25)19-18(27(28)29)6-3-9-24-19;1-15(4-5-16-6-8-17(20)9-7-16)22-11-13-23(14-12-22)19-18(24(25)26)3-2-10-21-19/h2-6,9,14H,1,10-13H2;2-3,6-10H,1,11-14H2. The Morgan fingerprint density at radius 2 is 1.16 bits per heavy atom. The van der Waals surface area contributed by atoms with Crippen LogP contribution in [-0.4, -0.2) is 88.3 Å². The molecule has 0 saturated carbocycles. The maximum Gasteiger partial charge on any atom is 0.573 e. The number of nitrogens with zero attached hydrogens (tertiary/aromatic N) is 8. The molecule has 6 rings (SSSR count). The Morgan fingerprint density at radius 1 is 0.696 bits per heavy atom. The number of nitro groups is 2. The van der Waals surface area contributed by atoms with Crippen molar-refractivity contribution in [2.24, 2.45) is 0 Å². The van der Waals surface area contributed by atoms with Gasteiger partial charge in [-0.1, -0.05) is 42.7 Å². The summed E-state index contributed by atoms with van der Waals surface area (Å²) in [5.41, 5.74) is 2.45. The minimum atomic E-state index is -4.77. The first-order valence-corrected chi connectivity index (χ1v) is 17.4. The number of allylic oxidation sites excluding steroid dienone is 2. The predicted molar refractivity (Wildman–Crippen MR) is 206 cm³/mol. The van der Waals surface area contributed by atoms with Gasteiger partial charge >= 0.3 is 17.7 Å². The van der Waals surface area contributed by atoms with Crippen molar-refractivity contribution in [1.82, 2.24) is 19.8 Å². The van der Waals surface area contributed by atoms with Gasteiger partial charge in [0, 0.05) is 93.0 Å². The predicted octanol–water partition coefficient (Wildman–Crippen LogP) is 6.91. The van der Waals surface area contributed by atoms with Gasteiger partial charge in [-0.05, 0) is 66.4 Å². The number of hydrogen-bond donors (Lipinski definition) is 0. The Bertz CT molecular complexity index is 2200. The lowest BCUT2D eigenvalue weighted by Gasteiger charge is -2.35. The van der Waals surface area contributed by atoms with Crippen molar-refractivity contribution in [2.75, 3.05) is 62.2 Å². The molecule has 0 N–H and O–H groups in total. The van der Waals surface area contributed by atoms with E-state index in [0.717, 1.165) is 11.3 Å². The molecule has 56 heavy (non-hydrogen) atoms. The van der Waals surface area contributed by atoms with Crippen LogP contribution in [0.2, 0.25) is 5.02 Å². The topological polar surface area (TPSA) is 134 Å². The molecule has 2 fully saturated rings. The van der Waals surface area contributed by atoms with Crippen LogP contribution >= 0.6 is 11.6 Å². The molecule has 0 amide bonds. The van der Waals surface area contributed by atoms with Crippen LogP contribution in [0.25, 0.3) is 0 Å². The Kier molecular flexibility index (Phi) is 13.4. The number of ether oxygens (including phenoxy) is 1. The molecule has 13 nitrogen and oxygen atoms in total. The fourth-order valence-electron chi connectivity index (χ4n) is 5.68. The number of pyridine rings is 2. The minimum absolute atomic E-state index is 0.0299. The maximum atomic E-state index is 12.3. The van der Waals surface area contributed by atoms with Crippen LogP contribution in [0.15, 0.2) is 110 Å². The van der Waals surface area contributed by atoms with Crippen molar-refractivity contribution >= 4 is 34.6 Å². The highest BCUT2D eigenvalue weighted by atomic mass is 35.5. The van der Waals surface area contributed by atoms with Crippen LogP contribution in [-0.2, 0) is 0 Å². The third-order valence-corrected chi connectivity index (χ3v) is 8.71. The molecule has 0 atom stereocenters. The fraction of sp³-hybridized carbons (Fsp3) is 0.231. The molecule has 4 heterocycles. The molecule has 17 heteroatoms. The van der Waals surface area contributed by atoms with Gasteiger partial charge < -0.3 is 24.3 Å². The molecule has 0 unspecified atom stereocenters. The third kappa shape index (κ3) is 11.4. The van der Waals surface area contributed by atoms with E-state index in [1.54, 1.807) is 30.5 Å². The summed E-state index contributed by atoms with van der Waals surface area (Å²) in [6.07, 6.45) is -1.68. The second kappa shape index (κ2) is 18.5. The van der Waals surface area contributed by atoms with Gasteiger partial charge in [0.25, 0.3) is 0 Å². The average molecular weight is 787 g/mol. The molecule has 288 valence electrons. The van der Waals surface area contributed by atoms with Crippen LogP contribution in [0, 0.1) is 43.9 Å². The normalized spacial score (nSPS) is 13.9. The quantitative estimate of drug-likeness (QED) is 0.110. The molecule has 0 aliphatic carbocycles. The van der Waals surface area contributed by atoms with Gasteiger partial charge in [0.2, 0.25) is 11.6 Å². The van der Waals surface area contributed by atoms with Crippen molar-refractivity contribution in [2.45, 2.75) is 6.36 Å². The number of hydrogen-bond acceptors (Lipinski definition) is 11. The van der Waals surface area contributed by atoms with E-state index in [0.29, 0.717) is 80.3 Å². The second-order valence-electron chi connectivity index (χ2n) is 12.1. The molecule has 2 aliphatic heterocycles. The maximum absolute atomic E-state index is 12.3. The number of piperazine rings is 2. The van der Waals surface area contributed by atoms with Crippen molar-refractivity contribution < 1.29 is 27.8 Å². The Hall–Kier alpha value is -6.78. The van der Waals surface area contributed by atoms with E-state index in [1.165, 1.54) is 42.6 Å². The summed E-state index contributed by atoms with van der Waals surface area (Å²) >= 11 is 5.87. The first-order valence-electron chi connectivity index (χ1n) is 17.0. The number of aromatic nitrogens is 2. The summed E-state index contributed by atoms with van der Waals surface area (Å²) in [5.74, 6) is 12.2. The van der Waals surface area contributed by atoms with Gasteiger partial charge in [0.1, 0.15) is 5.75 Å². The van der Waals surface area contributed by atoms with Crippen molar-refractivity contribution in [1.29, 1.82) is 0 Å². The van der Waals surface area contributed by atoms with E-state index >= 15 is 0 Å². The van der Waals surface area contributed by atoms with Gasteiger partial charge in [-0.2, -0.15) is 0 Å². The highest BCUT2D eigenvalue weighted by Gasteiger charge is 2.31. The molecule has 0 spiro atoms. The summed E-state index contributed by atoms with van der Waals surface area (Å²) in [7, 11) is 0. The monoisotopic (exact) mass is 786 g/mol. The Labute approximate surface area is 325 Å². The van der Waals surface area contributed by atoms with Crippen LogP contribution in [0.5, 0.6) is 5.75 Å². The van der Waals surface area contributed by atoms with Crippen LogP contribution in [0.3, 0.4) is 0 Å². The van der Waals surface area contributed by atoms with E-state index in [1.807, 2.05) is 26.8 Å². The second-order valence-corrected chi connectivity index (χ2v) is 12.6. The first-order chi connectivity index (χ1) is 26.8. The molecule has 0 bridgehead atoms. The van der Waals surface area contributed by atoms with Crippen LogP contribution in [0.1, 0.15) is 11.1 Å². The Balaban J connectivity index is 0.000000216. The zero-order valence-corrected chi connectivity index (χ0v) is 30.5. The third-order valence-electron chi connectivity index (χ3n) is 8.46. The average Bonchev–Trinajstić information content (AvgIpc) is 3.19. The summed E-state index contributed by atoms with van der Waals surface area (Å²) in [5, 5.41) is 23.0. The van der Waals surface area contributed by atoms with E-state index in [9.17, 15) is 33.4 Å². The number of halogens is 4. The molecule has 2 aromatic heterocycles. The highest BCUT2D eigenvalue weighted by molar-refractivity contribution is 6.30. The fourth-order valence-corrected chi connectivity index (χ4v) is 5.80. The van der Waals surface area contributed by atoms with E-state index in [-0.39, 0.29) is 17.1 Å². The molecule has 4 aromatic rings. The number of benzene rings is 2. The molecule has 2 saturated heterocycles. The van der Waals surface area contributed by atoms with E-state index in [2.05, 4.69) is 56.4 Å². The summed E-state index contributed by atoms with van der Waals surface area (Å²) in [6, 6.07) is 18.7. The van der Waals surface area contributed by atoms with Gasteiger partial charge in [-0.3, -0.25) is 20.2 Å². The minimum Gasteiger partial charge on any atom is -0.406 e. The molecular formula is C39H34ClF3N8O5. The number of anilines is 2. The van der Waals surface area contributed by atoms with Gasteiger partial charge in [-0.15, -0.1) is 13.2 Å². The smallest absolute Gasteiger partial charge is 0.406 e. The summed E-state index contributed by atoms with van der Waals surface area (Å²) < 4.78 is 40.9. The summed E-state index contributed by atoms with van der Waals surface area (Å²) in [6.45, 7) is 12.6. The van der Waals surface area contributed by atoms with Crippen molar-refractivity contribution in [3.05, 3.63) is 146 Å². The molecule has 2 aliphatic rings. The first kappa shape index (κ1) is 40.4. The molecule has 2 aromatic carbocycles. The lowest BCUT2D eigenvalue weighted by atomic mass is 10.2. The van der Waals surface area contributed by atoms with Crippen molar-refractivity contribution in [3.8, 4) is 29.4 Å². The lowest BCUT2D eigenvalue weighted by molar-refractivity contribution is -0.384. The lowest BCUT2D eigenvalue weighted by Crippen LogP contribution is -2.46. The SMILES string of the molecule is C=C(C#Cc1ccc(Cl)cc1)N1CCN(c2ncccc2[N+](=O)[O-])CC1.C=C(C#Cc1cccc(OC(F)(F)F)c1)N1CCN(c2ncccc2[N+](=O)[O-])CC1. The highest BCUT2D eigenvalue weighted by Crippen LogP contribution is 2.28. The van der Waals surface area contributed by atoms with Gasteiger partial charge in [0.15, 0.2) is 0 Å². The largest absolute Gasteiger partial charge is 0.573 e. The van der Waals surface area contributed by atoms with Crippen LogP contribution in [0.4, 0.5) is 36.2 Å². The zero-order chi connectivity index (χ0) is 40.2. The van der Waals surface area contributed by atoms with Crippen LogP contribution < -0.4 is 14.5 Å². The summed E-state index contributed by atoms with van der Waals surface area (Å²) in [4.78, 5) is 37.5. The van der Waals surface area contributed by atoms with E-state index < -0.39 is 16.2 Å². The van der Waals surface area contributed by atoms with Gasteiger partial charge in [-0.25, -0.2) is 9.97 Å². The Morgan fingerprint density at radius 3 is 1.61 bits per heavy atom. The van der Waals surface area contributed by atoms with Crippen molar-refractivity contribution in [3.63, 3.8) is 0 Å². The van der Waals surface area contributed by atoms with E-state index in [4.69, 9.17) is 11.6 Å². The molecular weight excluding hydrogens is 753 g/mol. The zero-order valence-electron chi connectivity index (χ0n) is 29.8. The van der Waals surface area contributed by atoms with Gasteiger partial charge in [0.05, 0.1) is 21.2 Å². The molecule has 0 radical (unpaired) electrons.